The van der Waals surface area contributed by atoms with Crippen LogP contribution in [0.5, 0.6) is 0 Å². The third-order valence-electron chi connectivity index (χ3n) is 2.33. The first kappa shape index (κ1) is 12.2. The average Bonchev–Trinajstić information content (AvgIpc) is 2.78. The summed E-state index contributed by atoms with van der Waals surface area (Å²) < 4.78 is 28.4. The normalized spacial score (nSPS) is 11.6. The van der Waals surface area contributed by atoms with E-state index >= 15 is 0 Å². The Morgan fingerprint density at radius 2 is 1.88 bits per heavy atom. The third kappa shape index (κ3) is 2.37. The number of benzene rings is 1. The van der Waals surface area contributed by atoms with Crippen LogP contribution in [0.25, 0.3) is 0 Å². The molecule has 2 rings (SSSR count). The number of rotatable bonds is 3. The lowest BCUT2D eigenvalue weighted by atomic mass is 10.2. The standard InChI is InChI=1S/C11H12N2O2S2/c1-3-10-12-11(16-13-10)17(14,15)9-6-4-8(2)5-7-9/h4-7H,3H2,1-2H3. The van der Waals surface area contributed by atoms with Crippen molar-refractivity contribution in [3.8, 4) is 0 Å². The Balaban J connectivity index is 2.46. The Morgan fingerprint density at radius 3 is 2.41 bits per heavy atom. The van der Waals surface area contributed by atoms with Gasteiger partial charge in [0.25, 0.3) is 0 Å². The Morgan fingerprint density at radius 1 is 1.24 bits per heavy atom. The van der Waals surface area contributed by atoms with E-state index in [1.54, 1.807) is 24.3 Å². The summed E-state index contributed by atoms with van der Waals surface area (Å²) in [5, 5.41) is 0. The molecule has 0 fully saturated rings. The second-order valence-corrected chi connectivity index (χ2v) is 6.52. The molecule has 1 aromatic heterocycles. The van der Waals surface area contributed by atoms with E-state index in [-0.39, 0.29) is 9.24 Å². The fourth-order valence-corrected chi connectivity index (χ4v) is 3.52. The number of sulfone groups is 1. The van der Waals surface area contributed by atoms with Crippen LogP contribution in [0.4, 0.5) is 0 Å². The largest absolute Gasteiger partial charge is 0.235 e. The smallest absolute Gasteiger partial charge is 0.216 e. The van der Waals surface area contributed by atoms with Gasteiger partial charge < -0.3 is 0 Å². The Bertz CT molecular complexity index is 615. The molecule has 0 aliphatic rings. The van der Waals surface area contributed by atoms with Crippen molar-refractivity contribution in [2.45, 2.75) is 29.5 Å². The number of nitrogens with zero attached hydrogens (tertiary/aromatic N) is 2. The number of hydrogen-bond acceptors (Lipinski definition) is 5. The quantitative estimate of drug-likeness (QED) is 0.856. The van der Waals surface area contributed by atoms with E-state index in [4.69, 9.17) is 0 Å². The highest BCUT2D eigenvalue weighted by atomic mass is 32.2. The first-order chi connectivity index (χ1) is 8.04. The van der Waals surface area contributed by atoms with E-state index in [0.717, 1.165) is 17.1 Å². The summed E-state index contributed by atoms with van der Waals surface area (Å²) in [7, 11) is -3.50. The summed E-state index contributed by atoms with van der Waals surface area (Å²) in [6.45, 7) is 3.81. The van der Waals surface area contributed by atoms with Crippen molar-refractivity contribution < 1.29 is 8.42 Å². The summed E-state index contributed by atoms with van der Waals surface area (Å²) in [5.41, 5.74) is 1.02. The van der Waals surface area contributed by atoms with Crippen molar-refractivity contribution in [1.82, 2.24) is 9.36 Å². The minimum Gasteiger partial charge on any atom is -0.216 e. The molecule has 0 saturated carbocycles. The third-order valence-corrected chi connectivity index (χ3v) is 5.20. The zero-order chi connectivity index (χ0) is 12.5. The van der Waals surface area contributed by atoms with Gasteiger partial charge in [-0.05, 0) is 30.6 Å². The summed E-state index contributed by atoms with van der Waals surface area (Å²) in [4.78, 5) is 4.28. The molecule has 0 atom stereocenters. The van der Waals surface area contributed by atoms with Gasteiger partial charge in [0, 0.05) is 6.42 Å². The minimum atomic E-state index is -3.50. The fraction of sp³-hybridized carbons (Fsp3) is 0.273. The maximum Gasteiger partial charge on any atom is 0.235 e. The summed E-state index contributed by atoms with van der Waals surface area (Å²) in [6.07, 6.45) is 0.639. The van der Waals surface area contributed by atoms with Crippen molar-refractivity contribution in [3.05, 3.63) is 35.7 Å². The van der Waals surface area contributed by atoms with E-state index in [2.05, 4.69) is 9.36 Å². The van der Waals surface area contributed by atoms with Crippen molar-refractivity contribution >= 4 is 21.4 Å². The molecule has 2 aromatic rings. The van der Waals surface area contributed by atoms with Gasteiger partial charge in [0.15, 0.2) is 0 Å². The molecule has 0 aliphatic heterocycles. The van der Waals surface area contributed by atoms with Gasteiger partial charge in [-0.15, -0.1) is 0 Å². The second-order valence-electron chi connectivity index (χ2n) is 3.65. The van der Waals surface area contributed by atoms with Crippen LogP contribution in [0.15, 0.2) is 33.5 Å². The van der Waals surface area contributed by atoms with Gasteiger partial charge in [-0.1, -0.05) is 24.6 Å². The molecular weight excluding hydrogens is 256 g/mol. The van der Waals surface area contributed by atoms with E-state index in [0.29, 0.717) is 12.2 Å². The molecule has 1 heterocycles. The van der Waals surface area contributed by atoms with Crippen LogP contribution >= 0.6 is 11.5 Å². The van der Waals surface area contributed by atoms with E-state index < -0.39 is 9.84 Å². The van der Waals surface area contributed by atoms with Gasteiger partial charge in [-0.2, -0.15) is 4.37 Å². The van der Waals surface area contributed by atoms with Gasteiger partial charge in [0.1, 0.15) is 5.82 Å². The lowest BCUT2D eigenvalue weighted by Gasteiger charge is -2.00. The average molecular weight is 268 g/mol. The summed E-state index contributed by atoms with van der Waals surface area (Å²) in [6, 6.07) is 6.73. The first-order valence-electron chi connectivity index (χ1n) is 5.18. The molecule has 0 N–H and O–H groups in total. The van der Waals surface area contributed by atoms with Crippen LogP contribution in [0.2, 0.25) is 0 Å². The van der Waals surface area contributed by atoms with Crippen LogP contribution in [0.3, 0.4) is 0 Å². The van der Waals surface area contributed by atoms with Crippen LogP contribution in [0.1, 0.15) is 18.3 Å². The predicted octanol–water partition coefficient (Wildman–Crippen LogP) is 2.24. The zero-order valence-corrected chi connectivity index (χ0v) is 11.2. The molecule has 1 aromatic carbocycles. The van der Waals surface area contributed by atoms with Crippen molar-refractivity contribution in [2.24, 2.45) is 0 Å². The van der Waals surface area contributed by atoms with Gasteiger partial charge >= 0.3 is 0 Å². The molecule has 0 bridgehead atoms. The number of hydrogen-bond donors (Lipinski definition) is 0. The topological polar surface area (TPSA) is 59.9 Å². The minimum absolute atomic E-state index is 0.0678. The van der Waals surface area contributed by atoms with E-state index in [1.807, 2.05) is 13.8 Å². The van der Waals surface area contributed by atoms with E-state index in [9.17, 15) is 8.42 Å². The van der Waals surface area contributed by atoms with Crippen LogP contribution in [0, 0.1) is 6.92 Å². The van der Waals surface area contributed by atoms with Gasteiger partial charge in [-0.3, -0.25) is 0 Å². The highest BCUT2D eigenvalue weighted by Gasteiger charge is 2.22. The Labute approximate surface area is 104 Å². The van der Waals surface area contributed by atoms with E-state index in [1.165, 1.54) is 0 Å². The van der Waals surface area contributed by atoms with Crippen LogP contribution in [-0.4, -0.2) is 17.8 Å². The van der Waals surface area contributed by atoms with Gasteiger partial charge in [0.2, 0.25) is 14.2 Å². The molecule has 0 saturated heterocycles. The molecule has 0 unspecified atom stereocenters. The highest BCUT2D eigenvalue weighted by molar-refractivity contribution is 7.93. The van der Waals surface area contributed by atoms with Crippen LogP contribution in [-0.2, 0) is 16.3 Å². The zero-order valence-electron chi connectivity index (χ0n) is 9.54. The van der Waals surface area contributed by atoms with Gasteiger partial charge in [0.05, 0.1) is 4.90 Å². The molecule has 0 spiro atoms. The Hall–Kier alpha value is -1.27. The molecule has 6 heteroatoms. The second kappa shape index (κ2) is 4.54. The maximum atomic E-state index is 12.2. The molecule has 4 nitrogen and oxygen atoms in total. The molecule has 0 amide bonds. The molecule has 0 aliphatic carbocycles. The SMILES string of the molecule is CCc1nsc(S(=O)(=O)c2ccc(C)cc2)n1. The predicted molar refractivity (Wildman–Crippen MR) is 65.9 cm³/mol. The first-order valence-corrected chi connectivity index (χ1v) is 7.44. The molecule has 90 valence electrons. The molecular formula is C11H12N2O2S2. The maximum absolute atomic E-state index is 12.2. The fourth-order valence-electron chi connectivity index (χ4n) is 1.31. The molecule has 17 heavy (non-hydrogen) atoms. The van der Waals surface area contributed by atoms with Gasteiger partial charge in [-0.25, -0.2) is 13.4 Å². The number of aryl methyl sites for hydroxylation is 2. The monoisotopic (exact) mass is 268 g/mol. The lowest BCUT2D eigenvalue weighted by molar-refractivity contribution is 0.595. The van der Waals surface area contributed by atoms with Crippen molar-refractivity contribution in [2.75, 3.05) is 0 Å². The Kier molecular flexibility index (Phi) is 3.26. The molecule has 0 radical (unpaired) electrons. The van der Waals surface area contributed by atoms with Crippen LogP contribution < -0.4 is 0 Å². The lowest BCUT2D eigenvalue weighted by Crippen LogP contribution is -2.01. The highest BCUT2D eigenvalue weighted by Crippen LogP contribution is 2.22. The number of aromatic nitrogens is 2. The summed E-state index contributed by atoms with van der Waals surface area (Å²) in [5.74, 6) is 0.570. The summed E-state index contributed by atoms with van der Waals surface area (Å²) >= 11 is 0.931. The van der Waals surface area contributed by atoms with Crippen molar-refractivity contribution in [1.29, 1.82) is 0 Å². The van der Waals surface area contributed by atoms with Crippen molar-refractivity contribution in [3.63, 3.8) is 0 Å².